The molecule has 106 valence electrons. The smallest absolute Gasteiger partial charge is 0.127 e. The predicted octanol–water partition coefficient (Wildman–Crippen LogP) is 3.81. The third kappa shape index (κ3) is 3.90. The SMILES string of the molecule is CCCSCC(NCC)c1cccc2c1OCCC2. The van der Waals surface area contributed by atoms with E-state index in [0.717, 1.165) is 37.5 Å². The molecule has 1 aliphatic rings. The molecular formula is C16H25NOS. The highest BCUT2D eigenvalue weighted by molar-refractivity contribution is 7.99. The van der Waals surface area contributed by atoms with E-state index in [2.05, 4.69) is 37.4 Å². The van der Waals surface area contributed by atoms with Gasteiger partial charge in [0.05, 0.1) is 6.61 Å². The Balaban J connectivity index is 2.15. The molecule has 3 heteroatoms. The zero-order valence-corrected chi connectivity index (χ0v) is 12.9. The molecule has 19 heavy (non-hydrogen) atoms. The van der Waals surface area contributed by atoms with Gasteiger partial charge in [-0.1, -0.05) is 32.0 Å². The molecule has 2 rings (SSSR count). The number of thioether (sulfide) groups is 1. The fourth-order valence-corrected chi connectivity index (χ4v) is 3.53. The normalized spacial score (nSPS) is 15.7. The summed E-state index contributed by atoms with van der Waals surface area (Å²) >= 11 is 2.03. The summed E-state index contributed by atoms with van der Waals surface area (Å²) in [6.07, 6.45) is 3.55. The number of rotatable bonds is 7. The molecule has 0 aromatic heterocycles. The van der Waals surface area contributed by atoms with Crippen LogP contribution in [0.2, 0.25) is 0 Å². The van der Waals surface area contributed by atoms with Gasteiger partial charge in [0.25, 0.3) is 0 Å². The van der Waals surface area contributed by atoms with Gasteiger partial charge in [-0.3, -0.25) is 0 Å². The van der Waals surface area contributed by atoms with E-state index in [4.69, 9.17) is 4.74 Å². The Morgan fingerprint density at radius 3 is 3.05 bits per heavy atom. The fourth-order valence-electron chi connectivity index (χ4n) is 2.54. The maximum absolute atomic E-state index is 5.94. The van der Waals surface area contributed by atoms with Crippen molar-refractivity contribution in [3.05, 3.63) is 29.3 Å². The molecule has 2 nitrogen and oxygen atoms in total. The van der Waals surface area contributed by atoms with Gasteiger partial charge in [-0.15, -0.1) is 0 Å². The summed E-state index contributed by atoms with van der Waals surface area (Å²) in [4.78, 5) is 0. The van der Waals surface area contributed by atoms with E-state index in [9.17, 15) is 0 Å². The first-order valence-electron chi connectivity index (χ1n) is 7.42. The number of para-hydroxylation sites is 1. The summed E-state index contributed by atoms with van der Waals surface area (Å²) in [5.41, 5.74) is 2.73. The van der Waals surface area contributed by atoms with Gasteiger partial charge >= 0.3 is 0 Å². The molecule has 1 aromatic rings. The van der Waals surface area contributed by atoms with E-state index in [-0.39, 0.29) is 0 Å². The van der Waals surface area contributed by atoms with Gasteiger partial charge < -0.3 is 10.1 Å². The Labute approximate surface area is 121 Å². The molecule has 1 heterocycles. The second-order valence-electron chi connectivity index (χ2n) is 4.97. The molecule has 1 unspecified atom stereocenters. The molecule has 0 aliphatic carbocycles. The lowest BCUT2D eigenvalue weighted by Crippen LogP contribution is -2.25. The molecule has 0 saturated heterocycles. The Morgan fingerprint density at radius 2 is 2.26 bits per heavy atom. The van der Waals surface area contributed by atoms with Gasteiger partial charge in [0.1, 0.15) is 5.75 Å². The summed E-state index contributed by atoms with van der Waals surface area (Å²) in [6.45, 7) is 6.28. The van der Waals surface area contributed by atoms with Crippen molar-refractivity contribution < 1.29 is 4.74 Å². The monoisotopic (exact) mass is 279 g/mol. The number of nitrogens with one attached hydrogen (secondary N) is 1. The van der Waals surface area contributed by atoms with Crippen LogP contribution in [0.3, 0.4) is 0 Å². The Hall–Kier alpha value is -0.670. The highest BCUT2D eigenvalue weighted by Gasteiger charge is 2.20. The van der Waals surface area contributed by atoms with Gasteiger partial charge in [-0.25, -0.2) is 0 Å². The molecule has 0 spiro atoms. The van der Waals surface area contributed by atoms with Crippen molar-refractivity contribution in [1.29, 1.82) is 0 Å². The minimum Gasteiger partial charge on any atom is -0.493 e. The van der Waals surface area contributed by atoms with E-state index in [1.807, 2.05) is 11.8 Å². The van der Waals surface area contributed by atoms with Gasteiger partial charge in [0.15, 0.2) is 0 Å². The Bertz CT molecular complexity index is 394. The summed E-state index contributed by atoms with van der Waals surface area (Å²) in [5.74, 6) is 3.51. The van der Waals surface area contributed by atoms with Crippen LogP contribution >= 0.6 is 11.8 Å². The lowest BCUT2D eigenvalue weighted by Gasteiger charge is -2.25. The van der Waals surface area contributed by atoms with Gasteiger partial charge in [-0.2, -0.15) is 11.8 Å². The van der Waals surface area contributed by atoms with Gasteiger partial charge in [0, 0.05) is 17.4 Å². The van der Waals surface area contributed by atoms with E-state index < -0.39 is 0 Å². The van der Waals surface area contributed by atoms with Crippen LogP contribution in [0, 0.1) is 0 Å². The zero-order valence-electron chi connectivity index (χ0n) is 12.1. The van der Waals surface area contributed by atoms with E-state index in [1.54, 1.807) is 0 Å². The molecular weight excluding hydrogens is 254 g/mol. The van der Waals surface area contributed by atoms with Crippen molar-refractivity contribution >= 4 is 11.8 Å². The fraction of sp³-hybridized carbons (Fsp3) is 0.625. The number of benzene rings is 1. The van der Waals surface area contributed by atoms with Crippen LogP contribution in [-0.4, -0.2) is 24.7 Å². The Morgan fingerprint density at radius 1 is 1.37 bits per heavy atom. The largest absolute Gasteiger partial charge is 0.493 e. The van der Waals surface area contributed by atoms with Gasteiger partial charge in [0.2, 0.25) is 0 Å². The first kappa shape index (κ1) is 14.7. The third-order valence-electron chi connectivity index (χ3n) is 3.42. The number of fused-ring (bicyclic) bond motifs is 1. The highest BCUT2D eigenvalue weighted by Crippen LogP contribution is 2.34. The van der Waals surface area contributed by atoms with Crippen molar-refractivity contribution in [3.63, 3.8) is 0 Å². The lowest BCUT2D eigenvalue weighted by atomic mass is 9.98. The average molecular weight is 279 g/mol. The number of ether oxygens (including phenoxy) is 1. The van der Waals surface area contributed by atoms with Crippen LogP contribution in [0.15, 0.2) is 18.2 Å². The molecule has 0 radical (unpaired) electrons. The van der Waals surface area contributed by atoms with Crippen molar-refractivity contribution in [2.75, 3.05) is 24.7 Å². The van der Waals surface area contributed by atoms with E-state index in [1.165, 1.54) is 23.3 Å². The maximum Gasteiger partial charge on any atom is 0.127 e. The zero-order chi connectivity index (χ0) is 13.5. The van der Waals surface area contributed by atoms with Crippen LogP contribution in [0.5, 0.6) is 5.75 Å². The summed E-state index contributed by atoms with van der Waals surface area (Å²) < 4.78 is 5.94. The average Bonchev–Trinajstić information content (AvgIpc) is 2.46. The third-order valence-corrected chi connectivity index (χ3v) is 4.69. The Kier molecular flexibility index (Phi) is 6.05. The van der Waals surface area contributed by atoms with E-state index in [0.29, 0.717) is 6.04 Å². The first-order valence-corrected chi connectivity index (χ1v) is 8.58. The standard InChI is InChI=1S/C16H25NOS/c1-3-11-19-12-15(17-4-2)14-9-5-7-13-8-6-10-18-16(13)14/h5,7,9,15,17H,3-4,6,8,10-12H2,1-2H3. The van der Waals surface area contributed by atoms with Crippen LogP contribution in [0.25, 0.3) is 0 Å². The highest BCUT2D eigenvalue weighted by atomic mass is 32.2. The quantitative estimate of drug-likeness (QED) is 0.767. The molecule has 1 atom stereocenters. The molecule has 1 aromatic carbocycles. The second-order valence-corrected chi connectivity index (χ2v) is 6.12. The molecule has 0 saturated carbocycles. The van der Waals surface area contributed by atoms with Crippen molar-refractivity contribution in [3.8, 4) is 5.75 Å². The minimum atomic E-state index is 0.412. The van der Waals surface area contributed by atoms with Crippen LogP contribution in [0.4, 0.5) is 0 Å². The summed E-state index contributed by atoms with van der Waals surface area (Å²) in [5, 5.41) is 3.61. The lowest BCUT2D eigenvalue weighted by molar-refractivity contribution is 0.282. The van der Waals surface area contributed by atoms with Crippen LogP contribution < -0.4 is 10.1 Å². The van der Waals surface area contributed by atoms with Crippen LogP contribution in [-0.2, 0) is 6.42 Å². The molecule has 1 aliphatic heterocycles. The number of hydrogen-bond donors (Lipinski definition) is 1. The number of hydrogen-bond acceptors (Lipinski definition) is 3. The predicted molar refractivity (Wildman–Crippen MR) is 84.3 cm³/mol. The van der Waals surface area contributed by atoms with E-state index >= 15 is 0 Å². The maximum atomic E-state index is 5.94. The first-order chi connectivity index (χ1) is 9.36. The van der Waals surface area contributed by atoms with Gasteiger partial charge in [-0.05, 0) is 37.1 Å². The topological polar surface area (TPSA) is 21.3 Å². The molecule has 0 fully saturated rings. The van der Waals surface area contributed by atoms with Crippen molar-refractivity contribution in [2.45, 2.75) is 39.2 Å². The summed E-state index contributed by atoms with van der Waals surface area (Å²) in [7, 11) is 0. The molecule has 0 amide bonds. The second kappa shape index (κ2) is 7.81. The van der Waals surface area contributed by atoms with Crippen LogP contribution in [0.1, 0.15) is 43.9 Å². The molecule has 1 N–H and O–H groups in total. The minimum absolute atomic E-state index is 0.412. The molecule has 0 bridgehead atoms. The number of aryl methyl sites for hydroxylation is 1. The summed E-state index contributed by atoms with van der Waals surface area (Å²) in [6, 6.07) is 7.02. The van der Waals surface area contributed by atoms with Crippen molar-refractivity contribution in [2.24, 2.45) is 0 Å². The van der Waals surface area contributed by atoms with Crippen molar-refractivity contribution in [1.82, 2.24) is 5.32 Å².